The molecule has 0 spiro atoms. The van der Waals surface area contributed by atoms with Gasteiger partial charge in [-0.15, -0.1) is 11.3 Å². The minimum absolute atomic E-state index is 0.331. The van der Waals surface area contributed by atoms with Crippen LogP contribution in [0.2, 0.25) is 0 Å². The molecule has 0 saturated heterocycles. The van der Waals surface area contributed by atoms with Crippen LogP contribution in [0, 0.1) is 0 Å². The molecule has 0 atom stereocenters. The highest BCUT2D eigenvalue weighted by Crippen LogP contribution is 2.27. The Balaban J connectivity index is 1.48. The third-order valence-corrected chi connectivity index (χ3v) is 5.31. The first-order chi connectivity index (χ1) is 13.7. The van der Waals surface area contributed by atoms with Crippen LogP contribution in [0.5, 0.6) is 0 Å². The molecule has 28 heavy (non-hydrogen) atoms. The Kier molecular flexibility index (Phi) is 7.44. The fraction of sp³-hybridized carbons (Fsp3) is 0.273. The Morgan fingerprint density at radius 3 is 2.25 bits per heavy atom. The molecule has 0 saturated carbocycles. The van der Waals surface area contributed by atoms with Crippen LogP contribution in [0.1, 0.15) is 35.6 Å². The van der Waals surface area contributed by atoms with Crippen LogP contribution in [0.15, 0.2) is 71.0 Å². The highest BCUT2D eigenvalue weighted by molar-refractivity contribution is 7.13. The molecular weight excluding hydrogens is 366 g/mol. The molecule has 0 aliphatic heterocycles. The maximum Gasteiger partial charge on any atom is 0.188 e. The molecule has 0 fully saturated rings. The number of nitrogen functional groups attached to an aromatic ring is 1. The van der Waals surface area contributed by atoms with Crippen LogP contribution in [-0.2, 0) is 6.42 Å². The number of aliphatic imine (C=N–C) groups is 1. The van der Waals surface area contributed by atoms with Crippen molar-refractivity contribution < 1.29 is 0 Å². The van der Waals surface area contributed by atoms with Crippen LogP contribution >= 0.6 is 11.3 Å². The van der Waals surface area contributed by atoms with Crippen molar-refractivity contribution in [3.8, 4) is 0 Å². The summed E-state index contributed by atoms with van der Waals surface area (Å²) in [7, 11) is 0. The quantitative estimate of drug-likeness (QED) is 0.293. The molecular formula is C22H27N5S. The number of aryl methyl sites for hydroxylation is 1. The fourth-order valence-electron chi connectivity index (χ4n) is 3.19. The van der Waals surface area contributed by atoms with Gasteiger partial charge in [-0.05, 0) is 30.4 Å². The van der Waals surface area contributed by atoms with E-state index in [0.717, 1.165) is 31.5 Å². The summed E-state index contributed by atoms with van der Waals surface area (Å²) in [5, 5.41) is 5.86. The third-order valence-electron chi connectivity index (χ3n) is 4.59. The van der Waals surface area contributed by atoms with Crippen molar-refractivity contribution in [3.05, 3.63) is 82.9 Å². The largest absolute Gasteiger partial charge is 0.375 e. The molecule has 3 aromatic rings. The van der Waals surface area contributed by atoms with Crippen molar-refractivity contribution in [1.82, 2.24) is 10.3 Å². The number of aromatic nitrogens is 1. The Morgan fingerprint density at radius 1 is 1.04 bits per heavy atom. The monoisotopic (exact) mass is 393 g/mol. The molecule has 0 amide bonds. The number of hydrogen-bond donors (Lipinski definition) is 3. The minimum Gasteiger partial charge on any atom is -0.375 e. The van der Waals surface area contributed by atoms with Crippen molar-refractivity contribution in [3.63, 3.8) is 0 Å². The van der Waals surface area contributed by atoms with Gasteiger partial charge in [-0.3, -0.25) is 4.99 Å². The molecule has 0 bridgehead atoms. The van der Waals surface area contributed by atoms with E-state index in [2.05, 4.69) is 76.0 Å². The van der Waals surface area contributed by atoms with Gasteiger partial charge in [0.1, 0.15) is 0 Å². The molecule has 0 aliphatic carbocycles. The van der Waals surface area contributed by atoms with Crippen molar-refractivity contribution in [2.24, 2.45) is 10.7 Å². The van der Waals surface area contributed by atoms with E-state index in [4.69, 9.17) is 11.5 Å². The third kappa shape index (κ3) is 6.09. The maximum absolute atomic E-state index is 6.03. The number of guanidine groups is 1. The average Bonchev–Trinajstić information content (AvgIpc) is 3.15. The van der Waals surface area contributed by atoms with Gasteiger partial charge in [0.15, 0.2) is 11.1 Å². The smallest absolute Gasteiger partial charge is 0.188 e. The molecule has 146 valence electrons. The second-order valence-corrected chi connectivity index (χ2v) is 7.53. The number of anilines is 1. The first kappa shape index (κ1) is 19.9. The topological polar surface area (TPSA) is 89.3 Å². The van der Waals surface area contributed by atoms with Gasteiger partial charge in [-0.25, -0.2) is 4.98 Å². The minimum atomic E-state index is 0.331. The van der Waals surface area contributed by atoms with E-state index in [0.29, 0.717) is 23.6 Å². The van der Waals surface area contributed by atoms with E-state index in [-0.39, 0.29) is 0 Å². The molecule has 0 aliphatic rings. The zero-order valence-electron chi connectivity index (χ0n) is 15.9. The van der Waals surface area contributed by atoms with Crippen molar-refractivity contribution >= 4 is 22.4 Å². The molecule has 0 radical (unpaired) electrons. The summed E-state index contributed by atoms with van der Waals surface area (Å²) in [4.78, 5) is 8.67. The first-order valence-electron chi connectivity index (χ1n) is 9.56. The van der Waals surface area contributed by atoms with E-state index < -0.39 is 0 Å². The zero-order chi connectivity index (χ0) is 19.6. The van der Waals surface area contributed by atoms with Gasteiger partial charge in [-0.2, -0.15) is 0 Å². The molecule has 1 aromatic heterocycles. The lowest BCUT2D eigenvalue weighted by Crippen LogP contribution is -2.33. The van der Waals surface area contributed by atoms with E-state index in [9.17, 15) is 0 Å². The predicted octanol–water partition coefficient (Wildman–Crippen LogP) is 3.78. The van der Waals surface area contributed by atoms with Crippen molar-refractivity contribution in [2.75, 3.05) is 18.8 Å². The molecule has 0 unspecified atom stereocenters. The normalized spacial score (nSPS) is 11.7. The van der Waals surface area contributed by atoms with Gasteiger partial charge in [0.2, 0.25) is 0 Å². The highest BCUT2D eigenvalue weighted by Gasteiger charge is 2.13. The second kappa shape index (κ2) is 10.5. The van der Waals surface area contributed by atoms with Gasteiger partial charge in [0, 0.05) is 24.4 Å². The van der Waals surface area contributed by atoms with Gasteiger partial charge in [0.25, 0.3) is 0 Å². The highest BCUT2D eigenvalue weighted by atomic mass is 32.1. The molecule has 3 rings (SSSR count). The number of nitrogens with zero attached hydrogens (tertiary/aromatic N) is 2. The predicted molar refractivity (Wildman–Crippen MR) is 119 cm³/mol. The summed E-state index contributed by atoms with van der Waals surface area (Å²) in [6, 6.07) is 21.2. The molecule has 5 nitrogen and oxygen atoms in total. The summed E-state index contributed by atoms with van der Waals surface area (Å²) in [5.74, 6) is 0.829. The van der Waals surface area contributed by atoms with E-state index in [1.807, 2.05) is 5.38 Å². The molecule has 5 N–H and O–H groups in total. The second-order valence-electron chi connectivity index (χ2n) is 6.64. The summed E-state index contributed by atoms with van der Waals surface area (Å²) in [5.41, 5.74) is 15.3. The van der Waals surface area contributed by atoms with Crippen LogP contribution in [0.4, 0.5) is 5.13 Å². The van der Waals surface area contributed by atoms with Crippen LogP contribution < -0.4 is 16.8 Å². The van der Waals surface area contributed by atoms with Gasteiger partial charge < -0.3 is 16.8 Å². The van der Waals surface area contributed by atoms with E-state index in [1.165, 1.54) is 22.5 Å². The lowest BCUT2D eigenvalue weighted by Gasteiger charge is -2.18. The lowest BCUT2D eigenvalue weighted by molar-refractivity contribution is 0.687. The Morgan fingerprint density at radius 2 is 1.68 bits per heavy atom. The summed E-state index contributed by atoms with van der Waals surface area (Å²) in [6.07, 6.45) is 2.72. The van der Waals surface area contributed by atoms with E-state index >= 15 is 0 Å². The molecule has 2 aromatic carbocycles. The Hall–Kier alpha value is -2.86. The number of benzene rings is 2. The van der Waals surface area contributed by atoms with Crippen LogP contribution in [-0.4, -0.2) is 24.0 Å². The summed E-state index contributed by atoms with van der Waals surface area (Å²) < 4.78 is 0. The van der Waals surface area contributed by atoms with Crippen LogP contribution in [0.3, 0.4) is 0 Å². The van der Waals surface area contributed by atoms with Crippen molar-refractivity contribution in [1.29, 1.82) is 0 Å². The Bertz CT molecular complexity index is 821. The fourth-order valence-corrected chi connectivity index (χ4v) is 3.79. The van der Waals surface area contributed by atoms with Gasteiger partial charge in [0.05, 0.1) is 5.69 Å². The van der Waals surface area contributed by atoms with Crippen LogP contribution in [0.25, 0.3) is 0 Å². The van der Waals surface area contributed by atoms with Gasteiger partial charge in [-0.1, -0.05) is 60.7 Å². The SMILES string of the molecule is NC(=NCCCc1csc(N)n1)NCCC(c1ccccc1)c1ccccc1. The Labute approximate surface area is 170 Å². The number of nitrogens with two attached hydrogens (primary N) is 2. The number of thiazole rings is 1. The first-order valence-corrected chi connectivity index (χ1v) is 10.4. The summed E-state index contributed by atoms with van der Waals surface area (Å²) in [6.45, 7) is 1.45. The number of nitrogens with one attached hydrogen (secondary N) is 1. The summed E-state index contributed by atoms with van der Waals surface area (Å²) >= 11 is 1.47. The van der Waals surface area contributed by atoms with Crippen molar-refractivity contribution in [2.45, 2.75) is 25.2 Å². The standard InChI is InChI=1S/C22H27N5S/c23-21(25-14-7-12-19-16-28-22(24)27-19)26-15-13-20(17-8-3-1-4-9-17)18-10-5-2-6-11-18/h1-6,8-11,16,20H,7,12-15H2,(H2,24,27)(H3,23,25,26). The molecule has 6 heteroatoms. The average molecular weight is 394 g/mol. The number of hydrogen-bond acceptors (Lipinski definition) is 4. The zero-order valence-corrected chi connectivity index (χ0v) is 16.7. The van der Waals surface area contributed by atoms with E-state index in [1.54, 1.807) is 0 Å². The number of rotatable bonds is 9. The molecule has 1 heterocycles. The maximum atomic E-state index is 6.03. The van der Waals surface area contributed by atoms with Gasteiger partial charge >= 0.3 is 0 Å². The lowest BCUT2D eigenvalue weighted by atomic mass is 9.88.